The number of carboxylic acid groups (broad SMARTS) is 1. The van der Waals surface area contributed by atoms with Crippen LogP contribution in [0.4, 0.5) is 0 Å². The summed E-state index contributed by atoms with van der Waals surface area (Å²) >= 11 is 0. The van der Waals surface area contributed by atoms with Crippen LogP contribution in [-0.4, -0.2) is 22.5 Å². The molecule has 1 aliphatic rings. The maximum atomic E-state index is 11.9. The van der Waals surface area contributed by atoms with Crippen molar-refractivity contribution in [1.29, 1.82) is 0 Å². The fourth-order valence-electron chi connectivity index (χ4n) is 2.26. The Labute approximate surface area is 96.4 Å². The van der Waals surface area contributed by atoms with Crippen LogP contribution in [0.5, 0.6) is 0 Å². The molecule has 0 aromatic carbocycles. The van der Waals surface area contributed by atoms with Crippen LogP contribution >= 0.6 is 0 Å². The summed E-state index contributed by atoms with van der Waals surface area (Å²) < 4.78 is 0. The molecule has 1 aliphatic carbocycles. The summed E-state index contributed by atoms with van der Waals surface area (Å²) in [6.07, 6.45) is 4.28. The summed E-state index contributed by atoms with van der Waals surface area (Å²) in [6.45, 7) is 3.97. The van der Waals surface area contributed by atoms with Crippen molar-refractivity contribution in [3.05, 3.63) is 0 Å². The molecule has 0 atom stereocenters. The Morgan fingerprint density at radius 1 is 1.31 bits per heavy atom. The van der Waals surface area contributed by atoms with Gasteiger partial charge in [-0.1, -0.05) is 13.8 Å². The van der Waals surface area contributed by atoms with Crippen LogP contribution in [0, 0.1) is 5.92 Å². The molecule has 0 radical (unpaired) electrons. The normalized spacial score (nSPS) is 17.9. The van der Waals surface area contributed by atoms with E-state index < -0.39 is 11.5 Å². The Balaban J connectivity index is 2.56. The molecule has 1 amide bonds. The number of carbonyl (C=O) groups excluding carboxylic acids is 1. The molecule has 4 heteroatoms. The molecule has 4 nitrogen and oxygen atoms in total. The van der Waals surface area contributed by atoms with E-state index in [1.165, 1.54) is 0 Å². The smallest absolute Gasteiger partial charge is 0.305 e. The molecule has 1 rings (SSSR count). The summed E-state index contributed by atoms with van der Waals surface area (Å²) in [6, 6.07) is 0. The third-order valence-electron chi connectivity index (χ3n) is 3.55. The summed E-state index contributed by atoms with van der Waals surface area (Å²) in [5, 5.41) is 11.8. The van der Waals surface area contributed by atoms with Crippen molar-refractivity contribution in [3.63, 3.8) is 0 Å². The molecule has 0 saturated heterocycles. The molecule has 0 unspecified atom stereocenters. The van der Waals surface area contributed by atoms with Gasteiger partial charge in [0.15, 0.2) is 0 Å². The SMILES string of the molecule is CCC(CC)C(=O)NC1(CC(=O)O)CCC1. The van der Waals surface area contributed by atoms with Gasteiger partial charge in [-0.15, -0.1) is 0 Å². The molecule has 92 valence electrons. The van der Waals surface area contributed by atoms with Gasteiger partial charge in [0.05, 0.1) is 12.0 Å². The maximum absolute atomic E-state index is 11.9. The topological polar surface area (TPSA) is 66.4 Å². The molecule has 0 aromatic heterocycles. The molecule has 1 fully saturated rings. The zero-order chi connectivity index (χ0) is 12.2. The minimum Gasteiger partial charge on any atom is -0.481 e. The summed E-state index contributed by atoms with van der Waals surface area (Å²) in [5.41, 5.74) is -0.453. The number of aliphatic carboxylic acids is 1. The summed E-state index contributed by atoms with van der Waals surface area (Å²) in [5.74, 6) is -0.790. The zero-order valence-electron chi connectivity index (χ0n) is 10.1. The maximum Gasteiger partial charge on any atom is 0.305 e. The van der Waals surface area contributed by atoms with Gasteiger partial charge in [-0.3, -0.25) is 9.59 Å². The van der Waals surface area contributed by atoms with Crippen molar-refractivity contribution in [2.75, 3.05) is 0 Å². The van der Waals surface area contributed by atoms with Crippen molar-refractivity contribution >= 4 is 11.9 Å². The third-order valence-corrected chi connectivity index (χ3v) is 3.55. The first-order chi connectivity index (χ1) is 7.53. The van der Waals surface area contributed by atoms with E-state index in [9.17, 15) is 9.59 Å². The van der Waals surface area contributed by atoms with E-state index in [1.54, 1.807) is 0 Å². The largest absolute Gasteiger partial charge is 0.481 e. The second-order valence-electron chi connectivity index (χ2n) is 4.71. The van der Waals surface area contributed by atoms with E-state index in [-0.39, 0.29) is 18.2 Å². The van der Waals surface area contributed by atoms with Gasteiger partial charge in [0.25, 0.3) is 0 Å². The van der Waals surface area contributed by atoms with Crippen LogP contribution in [0.25, 0.3) is 0 Å². The lowest BCUT2D eigenvalue weighted by Gasteiger charge is -2.42. The van der Waals surface area contributed by atoms with Gasteiger partial charge in [0.1, 0.15) is 0 Å². The van der Waals surface area contributed by atoms with Crippen molar-refractivity contribution in [2.24, 2.45) is 5.92 Å². The van der Waals surface area contributed by atoms with E-state index in [1.807, 2.05) is 13.8 Å². The van der Waals surface area contributed by atoms with Crippen molar-refractivity contribution in [2.45, 2.75) is 57.9 Å². The highest BCUT2D eigenvalue weighted by Crippen LogP contribution is 2.35. The van der Waals surface area contributed by atoms with Gasteiger partial charge < -0.3 is 10.4 Å². The Morgan fingerprint density at radius 3 is 2.19 bits per heavy atom. The lowest BCUT2D eigenvalue weighted by Crippen LogP contribution is -2.56. The number of rotatable bonds is 6. The second kappa shape index (κ2) is 5.32. The van der Waals surface area contributed by atoms with Crippen LogP contribution in [0.2, 0.25) is 0 Å². The minimum absolute atomic E-state index is 0.0194. The van der Waals surface area contributed by atoms with Crippen LogP contribution < -0.4 is 5.32 Å². The molecular weight excluding hydrogens is 206 g/mol. The Morgan fingerprint density at radius 2 is 1.88 bits per heavy atom. The second-order valence-corrected chi connectivity index (χ2v) is 4.71. The van der Waals surface area contributed by atoms with Crippen molar-refractivity contribution < 1.29 is 14.7 Å². The van der Waals surface area contributed by atoms with E-state index in [2.05, 4.69) is 5.32 Å². The standard InChI is InChI=1S/C12H21NO3/c1-3-9(4-2)11(16)13-12(6-5-7-12)8-10(14)15/h9H,3-8H2,1-2H3,(H,13,16)(H,14,15). The summed E-state index contributed by atoms with van der Waals surface area (Å²) in [7, 11) is 0. The highest BCUT2D eigenvalue weighted by Gasteiger charge is 2.40. The monoisotopic (exact) mass is 227 g/mol. The average Bonchev–Trinajstić information content (AvgIpc) is 2.15. The molecule has 16 heavy (non-hydrogen) atoms. The van der Waals surface area contributed by atoms with E-state index in [0.29, 0.717) is 0 Å². The van der Waals surface area contributed by atoms with Crippen LogP contribution in [-0.2, 0) is 9.59 Å². The van der Waals surface area contributed by atoms with E-state index in [0.717, 1.165) is 32.1 Å². The number of hydrogen-bond donors (Lipinski definition) is 2. The highest BCUT2D eigenvalue weighted by molar-refractivity contribution is 5.80. The van der Waals surface area contributed by atoms with Crippen molar-refractivity contribution in [1.82, 2.24) is 5.32 Å². The molecule has 0 aromatic rings. The van der Waals surface area contributed by atoms with Crippen molar-refractivity contribution in [3.8, 4) is 0 Å². The van der Waals surface area contributed by atoms with Gasteiger partial charge >= 0.3 is 5.97 Å². The van der Waals surface area contributed by atoms with Gasteiger partial charge in [-0.25, -0.2) is 0 Å². The fraction of sp³-hybridized carbons (Fsp3) is 0.833. The fourth-order valence-corrected chi connectivity index (χ4v) is 2.26. The molecule has 2 N–H and O–H groups in total. The molecule has 0 bridgehead atoms. The lowest BCUT2D eigenvalue weighted by atomic mass is 9.74. The predicted molar refractivity (Wildman–Crippen MR) is 61.0 cm³/mol. The van der Waals surface area contributed by atoms with Crippen LogP contribution in [0.15, 0.2) is 0 Å². The quantitative estimate of drug-likeness (QED) is 0.728. The van der Waals surface area contributed by atoms with E-state index in [4.69, 9.17) is 5.11 Å². The molecule has 0 spiro atoms. The van der Waals surface area contributed by atoms with Crippen LogP contribution in [0.1, 0.15) is 52.4 Å². The van der Waals surface area contributed by atoms with Gasteiger partial charge in [-0.2, -0.15) is 0 Å². The number of hydrogen-bond acceptors (Lipinski definition) is 2. The van der Waals surface area contributed by atoms with Gasteiger partial charge in [0, 0.05) is 5.92 Å². The Hall–Kier alpha value is -1.06. The first kappa shape index (κ1) is 13.0. The number of carbonyl (C=O) groups is 2. The first-order valence-electron chi connectivity index (χ1n) is 6.07. The molecule has 0 heterocycles. The highest BCUT2D eigenvalue weighted by atomic mass is 16.4. The lowest BCUT2D eigenvalue weighted by molar-refractivity contribution is -0.140. The number of nitrogens with one attached hydrogen (secondary N) is 1. The first-order valence-corrected chi connectivity index (χ1v) is 6.07. The third kappa shape index (κ3) is 2.97. The predicted octanol–water partition coefficient (Wildman–Crippen LogP) is 1.94. The number of amides is 1. The van der Waals surface area contributed by atoms with Gasteiger partial charge in [-0.05, 0) is 32.1 Å². The Bertz CT molecular complexity index is 267. The average molecular weight is 227 g/mol. The van der Waals surface area contributed by atoms with Crippen LogP contribution in [0.3, 0.4) is 0 Å². The molecule has 0 aliphatic heterocycles. The summed E-state index contributed by atoms with van der Waals surface area (Å²) in [4.78, 5) is 22.6. The van der Waals surface area contributed by atoms with Gasteiger partial charge in [0.2, 0.25) is 5.91 Å². The zero-order valence-corrected chi connectivity index (χ0v) is 10.1. The minimum atomic E-state index is -0.829. The Kier molecular flexibility index (Phi) is 4.33. The molecular formula is C12H21NO3. The number of carboxylic acids is 1. The van der Waals surface area contributed by atoms with E-state index >= 15 is 0 Å². The molecule has 1 saturated carbocycles.